The summed E-state index contributed by atoms with van der Waals surface area (Å²) in [4.78, 5) is 55.2. The number of amides is 3. The molecule has 0 radical (unpaired) electrons. The number of imide groups is 1. The van der Waals surface area contributed by atoms with Crippen molar-refractivity contribution in [1.29, 1.82) is 0 Å². The first-order chi connectivity index (χ1) is 17.4. The Balaban J connectivity index is 1.60. The minimum Gasteiger partial charge on any atom is -0.384 e. The molecule has 9 nitrogen and oxygen atoms in total. The smallest absolute Gasteiger partial charge is 0.250 e. The molecule has 3 amide bonds. The fourth-order valence-corrected chi connectivity index (χ4v) is 4.74. The molecule has 0 unspecified atom stereocenters. The lowest BCUT2D eigenvalue weighted by Gasteiger charge is -2.46. The zero-order chi connectivity index (χ0) is 25.7. The Bertz CT molecular complexity index is 1220. The van der Waals surface area contributed by atoms with Gasteiger partial charge in [0.15, 0.2) is 0 Å². The Kier molecular flexibility index (Phi) is 7.68. The monoisotopic (exact) mass is 486 g/mol. The normalized spacial score (nSPS) is 17.8. The van der Waals surface area contributed by atoms with Crippen LogP contribution >= 0.6 is 0 Å². The molecule has 0 spiro atoms. The summed E-state index contributed by atoms with van der Waals surface area (Å²) in [5.74, 6) is -1.45. The van der Waals surface area contributed by atoms with E-state index in [0.29, 0.717) is 11.5 Å². The lowest BCUT2D eigenvalue weighted by molar-refractivity contribution is -0.170. The van der Waals surface area contributed by atoms with E-state index in [1.807, 2.05) is 12.1 Å². The summed E-state index contributed by atoms with van der Waals surface area (Å²) in [6, 6.07) is 9.74. The molecule has 3 aromatic rings. The third-order valence-electron chi connectivity index (χ3n) is 6.63. The number of nitrogens with zero attached hydrogens (tertiary/aromatic N) is 5. The maximum absolute atomic E-state index is 13.6. The molecule has 1 saturated heterocycles. The summed E-state index contributed by atoms with van der Waals surface area (Å²) in [6.45, 7) is 2.05. The van der Waals surface area contributed by atoms with Crippen molar-refractivity contribution in [3.8, 4) is 0 Å². The molecule has 36 heavy (non-hydrogen) atoms. The molecule has 1 fully saturated rings. The number of carbonyl (C=O) groups is 3. The molecule has 3 aromatic heterocycles. The second-order valence-electron chi connectivity index (χ2n) is 9.03. The molecular formula is C27H30N6O3. The van der Waals surface area contributed by atoms with Crippen LogP contribution in [0.2, 0.25) is 0 Å². The van der Waals surface area contributed by atoms with Crippen LogP contribution in [0, 0.1) is 5.92 Å². The third-order valence-corrected chi connectivity index (χ3v) is 6.63. The Morgan fingerprint density at radius 2 is 1.89 bits per heavy atom. The number of anilines is 2. The molecule has 1 aliphatic heterocycles. The number of hydrogen-bond donors (Lipinski definition) is 1. The van der Waals surface area contributed by atoms with E-state index in [2.05, 4.69) is 21.9 Å². The third kappa shape index (κ3) is 5.25. The molecule has 0 aliphatic carbocycles. The summed E-state index contributed by atoms with van der Waals surface area (Å²) in [7, 11) is 1.64. The number of hydrogen-bond acceptors (Lipinski definition) is 7. The average molecular weight is 487 g/mol. The zero-order valence-electron chi connectivity index (χ0n) is 20.4. The van der Waals surface area contributed by atoms with E-state index < -0.39 is 12.0 Å². The van der Waals surface area contributed by atoms with Crippen molar-refractivity contribution >= 4 is 29.2 Å². The van der Waals surface area contributed by atoms with Gasteiger partial charge in [-0.15, -0.1) is 0 Å². The van der Waals surface area contributed by atoms with E-state index in [0.717, 1.165) is 28.9 Å². The van der Waals surface area contributed by atoms with Gasteiger partial charge in [-0.2, -0.15) is 0 Å². The molecule has 0 bridgehead atoms. The predicted molar refractivity (Wildman–Crippen MR) is 136 cm³/mol. The Hall–Kier alpha value is -4.14. The molecule has 2 N–H and O–H groups in total. The first-order valence-corrected chi connectivity index (χ1v) is 12.0. The second kappa shape index (κ2) is 11.1. The fraction of sp³-hybridized carbons (Fsp3) is 0.333. The minimum absolute atomic E-state index is 0.0864. The largest absolute Gasteiger partial charge is 0.384 e. The van der Waals surface area contributed by atoms with Gasteiger partial charge in [0.05, 0.1) is 5.92 Å². The van der Waals surface area contributed by atoms with Crippen molar-refractivity contribution in [2.45, 2.75) is 44.6 Å². The summed E-state index contributed by atoms with van der Waals surface area (Å²) < 4.78 is 0. The van der Waals surface area contributed by atoms with Crippen LogP contribution in [0.4, 0.5) is 11.5 Å². The molecule has 0 saturated carbocycles. The van der Waals surface area contributed by atoms with Crippen molar-refractivity contribution in [3.05, 3.63) is 78.5 Å². The van der Waals surface area contributed by atoms with E-state index in [1.54, 1.807) is 62.3 Å². The SMILES string of the molecule is CCC[C@@H](CC(=O)N1C(=O)[C@H](Cc2ccnc(N)c2)[C@H]1C(=O)N(C)c1ccncc1)c1cccnc1. The Labute approximate surface area is 210 Å². The number of aromatic nitrogens is 3. The van der Waals surface area contributed by atoms with Crippen molar-refractivity contribution in [3.63, 3.8) is 0 Å². The van der Waals surface area contributed by atoms with Gasteiger partial charge < -0.3 is 10.6 Å². The van der Waals surface area contributed by atoms with Gasteiger partial charge in [0.1, 0.15) is 11.9 Å². The second-order valence-corrected chi connectivity index (χ2v) is 9.03. The van der Waals surface area contributed by atoms with Gasteiger partial charge in [-0.1, -0.05) is 19.4 Å². The number of likely N-dealkylation sites (N-methyl/N-ethyl adjacent to an activating group) is 1. The van der Waals surface area contributed by atoms with Gasteiger partial charge in [-0.25, -0.2) is 4.98 Å². The Morgan fingerprint density at radius 3 is 2.56 bits per heavy atom. The summed E-state index contributed by atoms with van der Waals surface area (Å²) in [6.07, 6.45) is 10.3. The van der Waals surface area contributed by atoms with Gasteiger partial charge in [0.25, 0.3) is 5.91 Å². The van der Waals surface area contributed by atoms with Crippen LogP contribution in [0.5, 0.6) is 0 Å². The van der Waals surface area contributed by atoms with Gasteiger partial charge in [-0.3, -0.25) is 29.3 Å². The van der Waals surface area contributed by atoms with Crippen LogP contribution in [0.3, 0.4) is 0 Å². The average Bonchev–Trinajstić information content (AvgIpc) is 2.90. The van der Waals surface area contributed by atoms with Crippen molar-refractivity contribution in [2.75, 3.05) is 17.7 Å². The standard InChI is InChI=1S/C27H30N6O3/c1-3-5-19(20-6-4-10-30-17-20)16-24(34)33-25(27(36)32(2)21-8-11-29-12-9-21)22(26(33)35)14-18-7-13-31-23(28)15-18/h4,6-13,15,17,19,22,25H,3,5,14,16H2,1-2H3,(H2,28,31)/t19-,22+,25-/m0/s1. The van der Waals surface area contributed by atoms with E-state index in [4.69, 9.17) is 5.73 Å². The number of rotatable bonds is 9. The van der Waals surface area contributed by atoms with Crippen molar-refractivity contribution in [1.82, 2.24) is 19.9 Å². The number of nitrogens with two attached hydrogens (primary N) is 1. The molecule has 9 heteroatoms. The van der Waals surface area contributed by atoms with Gasteiger partial charge >= 0.3 is 0 Å². The lowest BCUT2D eigenvalue weighted by Crippen LogP contribution is -2.69. The van der Waals surface area contributed by atoms with Gasteiger partial charge in [-0.05, 0) is 60.2 Å². The highest BCUT2D eigenvalue weighted by molar-refractivity contribution is 6.12. The Morgan fingerprint density at radius 1 is 1.11 bits per heavy atom. The number of nitrogen functional groups attached to an aromatic ring is 1. The van der Waals surface area contributed by atoms with Crippen LogP contribution in [0.25, 0.3) is 0 Å². The quantitative estimate of drug-likeness (QED) is 0.461. The van der Waals surface area contributed by atoms with E-state index in [1.165, 1.54) is 4.90 Å². The molecular weight excluding hydrogens is 456 g/mol. The molecule has 3 atom stereocenters. The number of pyridine rings is 3. The van der Waals surface area contributed by atoms with Gasteiger partial charge in [0, 0.05) is 50.1 Å². The summed E-state index contributed by atoms with van der Waals surface area (Å²) in [5.41, 5.74) is 8.18. The highest BCUT2D eigenvalue weighted by Crippen LogP contribution is 2.35. The van der Waals surface area contributed by atoms with E-state index >= 15 is 0 Å². The van der Waals surface area contributed by atoms with Crippen molar-refractivity contribution < 1.29 is 14.4 Å². The lowest BCUT2D eigenvalue weighted by atomic mass is 9.80. The molecule has 186 valence electrons. The van der Waals surface area contributed by atoms with Crippen LogP contribution in [0.15, 0.2) is 67.4 Å². The fourth-order valence-electron chi connectivity index (χ4n) is 4.74. The first-order valence-electron chi connectivity index (χ1n) is 12.0. The summed E-state index contributed by atoms with van der Waals surface area (Å²) >= 11 is 0. The maximum Gasteiger partial charge on any atom is 0.250 e. The molecule has 1 aliphatic rings. The highest BCUT2D eigenvalue weighted by Gasteiger charge is 2.55. The maximum atomic E-state index is 13.6. The topological polar surface area (TPSA) is 122 Å². The van der Waals surface area contributed by atoms with Crippen LogP contribution in [-0.4, -0.2) is 50.7 Å². The number of likely N-dealkylation sites (tertiary alicyclic amines) is 1. The van der Waals surface area contributed by atoms with Crippen LogP contribution in [0.1, 0.15) is 43.2 Å². The summed E-state index contributed by atoms with van der Waals surface area (Å²) in [5, 5.41) is 0. The van der Waals surface area contributed by atoms with Crippen LogP contribution < -0.4 is 10.6 Å². The van der Waals surface area contributed by atoms with Gasteiger partial charge in [0.2, 0.25) is 11.8 Å². The van der Waals surface area contributed by atoms with E-state index in [9.17, 15) is 14.4 Å². The molecule has 0 aromatic carbocycles. The highest BCUT2D eigenvalue weighted by atomic mass is 16.2. The zero-order valence-corrected chi connectivity index (χ0v) is 20.4. The number of carbonyl (C=O) groups excluding carboxylic acids is 3. The first kappa shape index (κ1) is 25.0. The number of β-lactam (4-membered cyclic amide) rings is 1. The molecule has 4 heterocycles. The van der Waals surface area contributed by atoms with E-state index in [-0.39, 0.29) is 36.5 Å². The minimum atomic E-state index is -0.909. The molecule has 4 rings (SSSR count). The predicted octanol–water partition coefficient (Wildman–Crippen LogP) is 2.99. The van der Waals surface area contributed by atoms with Crippen LogP contribution in [-0.2, 0) is 20.8 Å². The van der Waals surface area contributed by atoms with Crippen molar-refractivity contribution in [2.24, 2.45) is 5.92 Å².